The molecule has 128 valence electrons. The Kier molecular flexibility index (Phi) is 5.35. The third kappa shape index (κ3) is 4.60. The van der Waals surface area contributed by atoms with Gasteiger partial charge in [-0.2, -0.15) is 16.4 Å². The molecular weight excluding hydrogens is 336 g/mol. The summed E-state index contributed by atoms with van der Waals surface area (Å²) < 4.78 is 1.17. The number of pyridine rings is 1. The highest BCUT2D eigenvalue weighted by molar-refractivity contribution is 7.07. The fraction of sp³-hybridized carbons (Fsp3) is 0.222. The maximum atomic E-state index is 12.5. The number of aromatic nitrogens is 3. The molecular formula is C18H18N4O2S. The van der Waals surface area contributed by atoms with Crippen molar-refractivity contribution in [3.05, 3.63) is 80.7 Å². The van der Waals surface area contributed by atoms with E-state index in [1.54, 1.807) is 30.5 Å². The molecule has 7 heteroatoms. The molecule has 0 aliphatic rings. The van der Waals surface area contributed by atoms with Crippen molar-refractivity contribution < 1.29 is 4.79 Å². The molecule has 0 spiro atoms. The zero-order valence-electron chi connectivity index (χ0n) is 13.8. The molecule has 0 unspecified atom stereocenters. The maximum Gasteiger partial charge on any atom is 0.267 e. The van der Waals surface area contributed by atoms with Gasteiger partial charge in [-0.1, -0.05) is 6.07 Å². The zero-order chi connectivity index (χ0) is 17.6. The van der Waals surface area contributed by atoms with E-state index in [2.05, 4.69) is 20.8 Å². The minimum absolute atomic E-state index is 0.118. The van der Waals surface area contributed by atoms with Gasteiger partial charge in [-0.15, -0.1) is 0 Å². The first-order valence-corrected chi connectivity index (χ1v) is 8.82. The molecule has 0 saturated heterocycles. The standard InChI is InChI=1S/C18H18N4O2S/c1-13-5-6-18(24)22(21-13)11-17(23)20-16(10-14-7-9-25-12-14)15-4-2-3-8-19-15/h2-9,12,16H,10-11H2,1H3,(H,20,23)/t16-/m0/s1. The van der Waals surface area contributed by atoms with Crippen molar-refractivity contribution in [1.82, 2.24) is 20.1 Å². The zero-order valence-corrected chi connectivity index (χ0v) is 14.6. The van der Waals surface area contributed by atoms with Gasteiger partial charge >= 0.3 is 0 Å². The number of hydrogen-bond acceptors (Lipinski definition) is 5. The largest absolute Gasteiger partial charge is 0.346 e. The molecule has 1 amide bonds. The number of thiophene rings is 1. The molecule has 3 heterocycles. The fourth-order valence-electron chi connectivity index (χ4n) is 2.50. The lowest BCUT2D eigenvalue weighted by Crippen LogP contribution is -2.36. The number of aryl methyl sites for hydroxylation is 1. The molecule has 0 saturated carbocycles. The quantitative estimate of drug-likeness (QED) is 0.735. The first-order chi connectivity index (χ1) is 12.1. The van der Waals surface area contributed by atoms with E-state index in [0.717, 1.165) is 11.3 Å². The number of carbonyl (C=O) groups excluding carboxylic acids is 1. The van der Waals surface area contributed by atoms with Gasteiger partial charge in [-0.3, -0.25) is 14.6 Å². The Morgan fingerprint density at radius 2 is 2.16 bits per heavy atom. The van der Waals surface area contributed by atoms with Crippen LogP contribution < -0.4 is 10.9 Å². The highest BCUT2D eigenvalue weighted by Gasteiger charge is 2.17. The molecule has 0 aromatic carbocycles. The number of hydrogen-bond donors (Lipinski definition) is 1. The molecule has 3 rings (SSSR count). The molecule has 3 aromatic heterocycles. The van der Waals surface area contributed by atoms with Gasteiger partial charge in [0, 0.05) is 12.3 Å². The van der Waals surface area contributed by atoms with E-state index in [1.807, 2.05) is 29.6 Å². The van der Waals surface area contributed by atoms with Gasteiger partial charge in [0.1, 0.15) is 6.54 Å². The highest BCUT2D eigenvalue weighted by Crippen LogP contribution is 2.18. The second-order valence-corrected chi connectivity index (χ2v) is 6.46. The van der Waals surface area contributed by atoms with Crippen LogP contribution in [-0.4, -0.2) is 20.7 Å². The van der Waals surface area contributed by atoms with Crippen LogP contribution in [0.4, 0.5) is 0 Å². The Morgan fingerprint density at radius 1 is 1.28 bits per heavy atom. The second-order valence-electron chi connectivity index (χ2n) is 5.68. The van der Waals surface area contributed by atoms with Crippen molar-refractivity contribution >= 4 is 17.2 Å². The third-order valence-corrected chi connectivity index (χ3v) is 4.43. The van der Waals surface area contributed by atoms with Crippen molar-refractivity contribution in [3.8, 4) is 0 Å². The summed E-state index contributed by atoms with van der Waals surface area (Å²) in [7, 11) is 0. The average molecular weight is 354 g/mol. The lowest BCUT2D eigenvalue weighted by Gasteiger charge is -2.18. The molecule has 0 aliphatic heterocycles. The Morgan fingerprint density at radius 3 is 2.88 bits per heavy atom. The summed E-state index contributed by atoms with van der Waals surface area (Å²) in [5.41, 5.74) is 2.30. The summed E-state index contributed by atoms with van der Waals surface area (Å²) in [4.78, 5) is 28.6. The lowest BCUT2D eigenvalue weighted by molar-refractivity contribution is -0.122. The molecule has 0 aliphatic carbocycles. The smallest absolute Gasteiger partial charge is 0.267 e. The van der Waals surface area contributed by atoms with Crippen molar-refractivity contribution in [2.75, 3.05) is 0 Å². The fourth-order valence-corrected chi connectivity index (χ4v) is 3.18. The van der Waals surface area contributed by atoms with Crippen molar-refractivity contribution in [3.63, 3.8) is 0 Å². The van der Waals surface area contributed by atoms with Crippen LogP contribution in [0.1, 0.15) is 23.0 Å². The first kappa shape index (κ1) is 17.0. The average Bonchev–Trinajstić information content (AvgIpc) is 3.11. The van der Waals surface area contributed by atoms with Crippen LogP contribution >= 0.6 is 11.3 Å². The Bertz CT molecular complexity index is 891. The summed E-state index contributed by atoms with van der Waals surface area (Å²) in [6.07, 6.45) is 2.34. The van der Waals surface area contributed by atoms with E-state index in [4.69, 9.17) is 0 Å². The Balaban J connectivity index is 1.76. The van der Waals surface area contributed by atoms with Gasteiger partial charge in [0.2, 0.25) is 5.91 Å². The summed E-state index contributed by atoms with van der Waals surface area (Å²) >= 11 is 1.61. The van der Waals surface area contributed by atoms with Gasteiger partial charge in [-0.05, 0) is 53.9 Å². The maximum absolute atomic E-state index is 12.5. The molecule has 6 nitrogen and oxygen atoms in total. The van der Waals surface area contributed by atoms with Crippen LogP contribution in [-0.2, 0) is 17.8 Å². The van der Waals surface area contributed by atoms with Crippen LogP contribution in [0.5, 0.6) is 0 Å². The number of nitrogens with one attached hydrogen (secondary N) is 1. The van der Waals surface area contributed by atoms with Gasteiger partial charge in [0.15, 0.2) is 0 Å². The summed E-state index contributed by atoms with van der Waals surface area (Å²) in [5, 5.41) is 11.1. The van der Waals surface area contributed by atoms with Gasteiger partial charge in [0.25, 0.3) is 5.56 Å². The third-order valence-electron chi connectivity index (χ3n) is 3.69. The van der Waals surface area contributed by atoms with Crippen molar-refractivity contribution in [2.24, 2.45) is 0 Å². The number of carbonyl (C=O) groups is 1. The lowest BCUT2D eigenvalue weighted by atomic mass is 10.1. The predicted octanol–water partition coefficient (Wildman–Crippen LogP) is 2.11. The summed E-state index contributed by atoms with van der Waals surface area (Å²) in [6.45, 7) is 1.66. The minimum atomic E-state index is -0.298. The molecule has 0 bridgehead atoms. The van der Waals surface area contributed by atoms with E-state index in [9.17, 15) is 9.59 Å². The molecule has 1 atom stereocenters. The highest BCUT2D eigenvalue weighted by atomic mass is 32.1. The van der Waals surface area contributed by atoms with Crippen molar-refractivity contribution in [1.29, 1.82) is 0 Å². The summed E-state index contributed by atoms with van der Waals surface area (Å²) in [5.74, 6) is -0.272. The minimum Gasteiger partial charge on any atom is -0.346 e. The van der Waals surface area contributed by atoms with Crippen LogP contribution in [0.25, 0.3) is 0 Å². The van der Waals surface area contributed by atoms with Gasteiger partial charge in [-0.25, -0.2) is 4.68 Å². The van der Waals surface area contributed by atoms with E-state index < -0.39 is 0 Å². The topological polar surface area (TPSA) is 76.9 Å². The SMILES string of the molecule is Cc1ccc(=O)n(CC(=O)N[C@@H](Cc2ccsc2)c2ccccn2)n1. The Labute approximate surface area is 149 Å². The monoisotopic (exact) mass is 354 g/mol. The molecule has 0 radical (unpaired) electrons. The van der Waals surface area contributed by atoms with E-state index in [-0.39, 0.29) is 24.1 Å². The normalized spacial score (nSPS) is 11.9. The van der Waals surface area contributed by atoms with Crippen LogP contribution in [0.3, 0.4) is 0 Å². The van der Waals surface area contributed by atoms with E-state index in [1.165, 1.54) is 10.7 Å². The van der Waals surface area contributed by atoms with Gasteiger partial charge < -0.3 is 5.32 Å². The molecule has 1 N–H and O–H groups in total. The molecule has 25 heavy (non-hydrogen) atoms. The molecule has 3 aromatic rings. The van der Waals surface area contributed by atoms with Gasteiger partial charge in [0.05, 0.1) is 17.4 Å². The van der Waals surface area contributed by atoms with E-state index >= 15 is 0 Å². The van der Waals surface area contributed by atoms with Crippen LogP contribution in [0.15, 0.2) is 58.1 Å². The summed E-state index contributed by atoms with van der Waals surface area (Å²) in [6, 6.07) is 10.4. The number of rotatable bonds is 6. The Hall–Kier alpha value is -2.80. The van der Waals surface area contributed by atoms with Crippen molar-refractivity contribution in [2.45, 2.75) is 25.9 Å². The second kappa shape index (κ2) is 7.85. The van der Waals surface area contributed by atoms with Crippen LogP contribution in [0, 0.1) is 6.92 Å². The van der Waals surface area contributed by atoms with Crippen LogP contribution in [0.2, 0.25) is 0 Å². The first-order valence-electron chi connectivity index (χ1n) is 7.88. The number of nitrogens with zero attached hydrogens (tertiary/aromatic N) is 3. The predicted molar refractivity (Wildman–Crippen MR) is 96.4 cm³/mol. The number of amides is 1. The molecule has 0 fully saturated rings. The van der Waals surface area contributed by atoms with E-state index in [0.29, 0.717) is 12.1 Å².